The van der Waals surface area contributed by atoms with Gasteiger partial charge in [0.05, 0.1) is 24.7 Å². The third-order valence-corrected chi connectivity index (χ3v) is 6.31. The van der Waals surface area contributed by atoms with Crippen molar-refractivity contribution in [1.82, 2.24) is 0 Å². The SMILES string of the molecule is CCCCCCOc1ccc(-c2ccc(C3(O)CCC(C(=O)OCC)CC3)cc2)cc1. The third-order valence-electron chi connectivity index (χ3n) is 6.31. The molecule has 0 radical (unpaired) electrons. The zero-order chi connectivity index (χ0) is 22.1. The van der Waals surface area contributed by atoms with Crippen LogP contribution in [-0.2, 0) is 15.1 Å². The average molecular weight is 425 g/mol. The molecule has 0 atom stereocenters. The lowest BCUT2D eigenvalue weighted by molar-refractivity contribution is -0.151. The first-order valence-electron chi connectivity index (χ1n) is 11.8. The maximum Gasteiger partial charge on any atom is 0.308 e. The molecular formula is C27H36O4. The van der Waals surface area contributed by atoms with E-state index in [4.69, 9.17) is 9.47 Å². The summed E-state index contributed by atoms with van der Waals surface area (Å²) in [4.78, 5) is 12.0. The molecule has 2 aromatic carbocycles. The van der Waals surface area contributed by atoms with Gasteiger partial charge >= 0.3 is 5.97 Å². The summed E-state index contributed by atoms with van der Waals surface area (Å²) in [5, 5.41) is 11.1. The van der Waals surface area contributed by atoms with Gasteiger partial charge < -0.3 is 14.6 Å². The Morgan fingerprint density at radius 3 is 2.13 bits per heavy atom. The fraction of sp³-hybridized carbons (Fsp3) is 0.519. The molecule has 1 aliphatic rings. The predicted molar refractivity (Wildman–Crippen MR) is 124 cm³/mol. The van der Waals surface area contributed by atoms with Gasteiger partial charge in [0.1, 0.15) is 5.75 Å². The maximum atomic E-state index is 12.0. The van der Waals surface area contributed by atoms with Gasteiger partial charge in [-0.05, 0) is 67.9 Å². The van der Waals surface area contributed by atoms with Crippen molar-refractivity contribution < 1.29 is 19.4 Å². The summed E-state index contributed by atoms with van der Waals surface area (Å²) in [5.41, 5.74) is 2.30. The minimum atomic E-state index is -0.864. The number of carbonyl (C=O) groups excluding carboxylic acids is 1. The van der Waals surface area contributed by atoms with Crippen LogP contribution in [0.25, 0.3) is 11.1 Å². The Kier molecular flexibility index (Phi) is 8.53. The minimum absolute atomic E-state index is 0.0909. The number of hydrogen-bond donors (Lipinski definition) is 1. The fourth-order valence-corrected chi connectivity index (χ4v) is 4.32. The number of unbranched alkanes of at least 4 members (excludes halogenated alkanes) is 3. The highest BCUT2D eigenvalue weighted by Crippen LogP contribution is 2.40. The summed E-state index contributed by atoms with van der Waals surface area (Å²) in [5.74, 6) is 0.685. The van der Waals surface area contributed by atoms with Crippen molar-refractivity contribution in [3.8, 4) is 16.9 Å². The highest BCUT2D eigenvalue weighted by Gasteiger charge is 2.37. The van der Waals surface area contributed by atoms with Crippen LogP contribution >= 0.6 is 0 Å². The molecule has 1 fully saturated rings. The van der Waals surface area contributed by atoms with Crippen LogP contribution < -0.4 is 4.74 Å². The van der Waals surface area contributed by atoms with Gasteiger partial charge in [-0.2, -0.15) is 0 Å². The lowest BCUT2D eigenvalue weighted by Crippen LogP contribution is -2.34. The number of hydrogen-bond acceptors (Lipinski definition) is 4. The van der Waals surface area contributed by atoms with E-state index >= 15 is 0 Å². The standard InChI is InChI=1S/C27H36O4/c1-3-5-6-7-20-31-25-14-10-22(11-15-25)21-8-12-24(13-9-21)27(29)18-16-23(17-19-27)26(28)30-4-2/h8-15,23,29H,3-7,16-20H2,1-2H3. The number of aliphatic hydroxyl groups is 1. The van der Waals surface area contributed by atoms with Crippen LogP contribution in [0.4, 0.5) is 0 Å². The van der Waals surface area contributed by atoms with Crippen LogP contribution in [0.15, 0.2) is 48.5 Å². The number of rotatable bonds is 10. The molecule has 4 nitrogen and oxygen atoms in total. The molecule has 0 spiro atoms. The Bertz CT molecular complexity index is 802. The topological polar surface area (TPSA) is 55.8 Å². The van der Waals surface area contributed by atoms with Gasteiger partial charge in [-0.25, -0.2) is 0 Å². The van der Waals surface area contributed by atoms with Crippen LogP contribution in [0.2, 0.25) is 0 Å². The van der Waals surface area contributed by atoms with Gasteiger partial charge in [-0.15, -0.1) is 0 Å². The van der Waals surface area contributed by atoms with Crippen LogP contribution in [-0.4, -0.2) is 24.3 Å². The highest BCUT2D eigenvalue weighted by molar-refractivity contribution is 5.72. The summed E-state index contributed by atoms with van der Waals surface area (Å²) in [6.07, 6.45) is 7.31. The Hall–Kier alpha value is -2.33. The normalized spacial score (nSPS) is 20.9. The number of carbonyl (C=O) groups is 1. The molecule has 1 aliphatic carbocycles. The largest absolute Gasteiger partial charge is 0.494 e. The smallest absolute Gasteiger partial charge is 0.308 e. The Balaban J connectivity index is 1.56. The monoisotopic (exact) mass is 424 g/mol. The highest BCUT2D eigenvalue weighted by atomic mass is 16.5. The molecule has 2 aromatic rings. The summed E-state index contributed by atoms with van der Waals surface area (Å²) in [6.45, 7) is 5.22. The second-order valence-electron chi connectivity index (χ2n) is 8.57. The number of benzene rings is 2. The third kappa shape index (κ3) is 6.33. The molecular weight excluding hydrogens is 388 g/mol. The van der Waals surface area contributed by atoms with Gasteiger partial charge in [0.25, 0.3) is 0 Å². The van der Waals surface area contributed by atoms with Gasteiger partial charge in [0.2, 0.25) is 0 Å². The average Bonchev–Trinajstić information content (AvgIpc) is 2.80. The lowest BCUT2D eigenvalue weighted by atomic mass is 9.75. The molecule has 0 saturated heterocycles. The van der Waals surface area contributed by atoms with Crippen molar-refractivity contribution in [2.45, 2.75) is 70.8 Å². The Morgan fingerprint density at radius 2 is 1.55 bits per heavy atom. The van der Waals surface area contributed by atoms with Crippen LogP contribution in [0.5, 0.6) is 5.75 Å². The Morgan fingerprint density at radius 1 is 0.935 bits per heavy atom. The van der Waals surface area contributed by atoms with Crippen molar-refractivity contribution in [2.24, 2.45) is 5.92 Å². The van der Waals surface area contributed by atoms with Crippen molar-refractivity contribution >= 4 is 5.97 Å². The molecule has 0 amide bonds. The lowest BCUT2D eigenvalue weighted by Gasteiger charge is -2.35. The molecule has 0 heterocycles. The van der Waals surface area contributed by atoms with E-state index in [1.54, 1.807) is 0 Å². The first-order chi connectivity index (χ1) is 15.1. The molecule has 31 heavy (non-hydrogen) atoms. The number of ether oxygens (including phenoxy) is 2. The Labute approximate surface area is 186 Å². The van der Waals surface area contributed by atoms with Crippen LogP contribution in [0.3, 0.4) is 0 Å². The van der Waals surface area contributed by atoms with Crippen molar-refractivity contribution in [2.75, 3.05) is 13.2 Å². The second-order valence-corrected chi connectivity index (χ2v) is 8.57. The summed E-state index contributed by atoms with van der Waals surface area (Å²) < 4.78 is 11.0. The second kappa shape index (κ2) is 11.3. The minimum Gasteiger partial charge on any atom is -0.494 e. The molecule has 4 heteroatoms. The van der Waals surface area contributed by atoms with Gasteiger partial charge in [-0.1, -0.05) is 62.6 Å². The van der Waals surface area contributed by atoms with E-state index in [-0.39, 0.29) is 11.9 Å². The van der Waals surface area contributed by atoms with Crippen LogP contribution in [0.1, 0.15) is 70.8 Å². The molecule has 0 aromatic heterocycles. The molecule has 1 N–H and O–H groups in total. The predicted octanol–water partition coefficient (Wildman–Crippen LogP) is 6.25. The molecule has 1 saturated carbocycles. The zero-order valence-corrected chi connectivity index (χ0v) is 18.9. The van der Waals surface area contributed by atoms with E-state index in [1.165, 1.54) is 19.3 Å². The van der Waals surface area contributed by atoms with Gasteiger partial charge in [-0.3, -0.25) is 4.79 Å². The van der Waals surface area contributed by atoms with E-state index in [0.29, 0.717) is 32.3 Å². The quantitative estimate of drug-likeness (QED) is 0.362. The summed E-state index contributed by atoms with van der Waals surface area (Å²) in [7, 11) is 0. The van der Waals surface area contributed by atoms with E-state index in [0.717, 1.165) is 35.5 Å². The molecule has 0 bridgehead atoms. The van der Waals surface area contributed by atoms with E-state index < -0.39 is 5.60 Å². The van der Waals surface area contributed by atoms with E-state index in [2.05, 4.69) is 31.2 Å². The first kappa shape index (κ1) is 23.3. The number of esters is 1. The van der Waals surface area contributed by atoms with Crippen molar-refractivity contribution in [3.05, 3.63) is 54.1 Å². The molecule has 168 valence electrons. The summed E-state index contributed by atoms with van der Waals surface area (Å²) in [6, 6.07) is 16.3. The van der Waals surface area contributed by atoms with Gasteiger partial charge in [0.15, 0.2) is 0 Å². The molecule has 0 unspecified atom stereocenters. The molecule has 3 rings (SSSR count). The molecule has 0 aliphatic heterocycles. The maximum absolute atomic E-state index is 12.0. The van der Waals surface area contributed by atoms with Crippen molar-refractivity contribution in [1.29, 1.82) is 0 Å². The first-order valence-corrected chi connectivity index (χ1v) is 11.8. The zero-order valence-electron chi connectivity index (χ0n) is 18.9. The van der Waals surface area contributed by atoms with Crippen LogP contribution in [0, 0.1) is 5.92 Å². The van der Waals surface area contributed by atoms with Gasteiger partial charge in [0, 0.05) is 0 Å². The summed E-state index contributed by atoms with van der Waals surface area (Å²) >= 11 is 0. The van der Waals surface area contributed by atoms with E-state index in [9.17, 15) is 9.90 Å². The van der Waals surface area contributed by atoms with E-state index in [1.807, 2.05) is 31.2 Å². The van der Waals surface area contributed by atoms with Crippen molar-refractivity contribution in [3.63, 3.8) is 0 Å². The fourth-order valence-electron chi connectivity index (χ4n) is 4.32.